The zero-order valence-electron chi connectivity index (χ0n) is 17.3. The molecule has 4 rings (SSSR count). The van der Waals surface area contributed by atoms with E-state index in [-0.39, 0.29) is 11.8 Å². The Labute approximate surface area is 177 Å². The number of aryl methyl sites for hydroxylation is 2. The van der Waals surface area contributed by atoms with Gasteiger partial charge in [0.05, 0.1) is 0 Å². The predicted molar refractivity (Wildman–Crippen MR) is 121 cm³/mol. The molecule has 4 heteroatoms. The molecule has 0 bridgehead atoms. The van der Waals surface area contributed by atoms with Crippen LogP contribution in [0.4, 0.5) is 0 Å². The number of hydrogen-bond donors (Lipinski definition) is 1. The number of rotatable bonds is 8. The molecule has 0 unspecified atom stereocenters. The Morgan fingerprint density at radius 1 is 0.967 bits per heavy atom. The molecule has 1 atom stereocenters. The van der Waals surface area contributed by atoms with Gasteiger partial charge in [0.25, 0.3) is 0 Å². The van der Waals surface area contributed by atoms with Gasteiger partial charge in [-0.15, -0.1) is 0 Å². The van der Waals surface area contributed by atoms with Crippen molar-refractivity contribution in [3.63, 3.8) is 0 Å². The smallest absolute Gasteiger partial charge is 0.220 e. The zero-order valence-corrected chi connectivity index (χ0v) is 17.3. The predicted octanol–water partition coefficient (Wildman–Crippen LogP) is 5.00. The van der Waals surface area contributed by atoms with E-state index in [4.69, 9.17) is 0 Å². The van der Waals surface area contributed by atoms with Crippen molar-refractivity contribution in [1.82, 2.24) is 14.9 Å². The van der Waals surface area contributed by atoms with Crippen LogP contribution in [0.5, 0.6) is 0 Å². The van der Waals surface area contributed by atoms with Gasteiger partial charge in [-0.3, -0.25) is 9.78 Å². The number of nitrogens with zero attached hydrogens (tertiary/aromatic N) is 2. The summed E-state index contributed by atoms with van der Waals surface area (Å²) in [6, 6.07) is 22.8. The third-order valence-electron chi connectivity index (χ3n) is 5.66. The van der Waals surface area contributed by atoms with Crippen LogP contribution in [0.25, 0.3) is 10.9 Å². The van der Waals surface area contributed by atoms with Crippen molar-refractivity contribution in [2.75, 3.05) is 0 Å². The Bertz CT molecular complexity index is 1100. The summed E-state index contributed by atoms with van der Waals surface area (Å²) in [5, 5.41) is 4.31. The molecule has 2 aromatic heterocycles. The highest BCUT2D eigenvalue weighted by atomic mass is 16.1. The number of pyridine rings is 1. The van der Waals surface area contributed by atoms with Crippen molar-refractivity contribution in [3.05, 3.63) is 102 Å². The highest BCUT2D eigenvalue weighted by molar-refractivity contribution is 5.85. The minimum absolute atomic E-state index is 0.0813. The lowest BCUT2D eigenvalue weighted by Crippen LogP contribution is -2.24. The Balaban J connectivity index is 1.52. The Morgan fingerprint density at radius 2 is 1.70 bits per heavy atom. The lowest BCUT2D eigenvalue weighted by Gasteiger charge is -2.17. The van der Waals surface area contributed by atoms with Gasteiger partial charge in [0.2, 0.25) is 5.91 Å². The van der Waals surface area contributed by atoms with Gasteiger partial charge in [-0.05, 0) is 53.6 Å². The Morgan fingerprint density at radius 3 is 2.50 bits per heavy atom. The topological polar surface area (TPSA) is 46.9 Å². The van der Waals surface area contributed by atoms with Crippen molar-refractivity contribution < 1.29 is 4.79 Å². The summed E-state index contributed by atoms with van der Waals surface area (Å²) in [6.07, 6.45) is 8.05. The van der Waals surface area contributed by atoms with Gasteiger partial charge in [0.1, 0.15) is 0 Å². The first-order valence-electron chi connectivity index (χ1n) is 10.4. The average Bonchev–Trinajstić information content (AvgIpc) is 3.13. The molecule has 0 saturated heterocycles. The summed E-state index contributed by atoms with van der Waals surface area (Å²) in [5.74, 6) is 0.242. The van der Waals surface area contributed by atoms with E-state index in [1.807, 2.05) is 18.2 Å². The van der Waals surface area contributed by atoms with Crippen LogP contribution in [-0.2, 0) is 24.8 Å². The number of aromatic nitrogens is 2. The van der Waals surface area contributed by atoms with E-state index >= 15 is 0 Å². The van der Waals surface area contributed by atoms with Crippen molar-refractivity contribution in [3.8, 4) is 0 Å². The lowest BCUT2D eigenvalue weighted by atomic mass is 9.89. The quantitative estimate of drug-likeness (QED) is 0.455. The summed E-state index contributed by atoms with van der Waals surface area (Å²) in [7, 11) is 2.07. The van der Waals surface area contributed by atoms with Gasteiger partial charge in [-0.1, -0.05) is 48.5 Å². The molecule has 0 saturated carbocycles. The van der Waals surface area contributed by atoms with Crippen LogP contribution in [0.1, 0.15) is 35.4 Å². The van der Waals surface area contributed by atoms with Gasteiger partial charge in [0, 0.05) is 49.5 Å². The van der Waals surface area contributed by atoms with Crippen molar-refractivity contribution >= 4 is 16.8 Å². The van der Waals surface area contributed by atoms with Gasteiger partial charge in [-0.2, -0.15) is 0 Å². The molecule has 0 fully saturated rings. The molecule has 2 aromatic carbocycles. The number of nitrogens with one attached hydrogen (secondary N) is 1. The molecule has 4 nitrogen and oxygen atoms in total. The molecule has 0 aliphatic carbocycles. The highest BCUT2D eigenvalue weighted by Gasteiger charge is 2.20. The molecule has 2 heterocycles. The fourth-order valence-electron chi connectivity index (χ4n) is 4.05. The molecular weight excluding hydrogens is 370 g/mol. The maximum Gasteiger partial charge on any atom is 0.220 e. The fourth-order valence-corrected chi connectivity index (χ4v) is 4.05. The van der Waals surface area contributed by atoms with Crippen LogP contribution in [0.2, 0.25) is 0 Å². The molecule has 30 heavy (non-hydrogen) atoms. The summed E-state index contributed by atoms with van der Waals surface area (Å²) in [6.45, 7) is 0.530. The number of benzene rings is 2. The summed E-state index contributed by atoms with van der Waals surface area (Å²) in [4.78, 5) is 16.9. The fraction of sp³-hybridized carbons (Fsp3) is 0.231. The molecule has 1 N–H and O–H groups in total. The van der Waals surface area contributed by atoms with E-state index in [2.05, 4.69) is 76.6 Å². The van der Waals surface area contributed by atoms with Gasteiger partial charge in [0.15, 0.2) is 0 Å². The van der Waals surface area contributed by atoms with Gasteiger partial charge in [-0.25, -0.2) is 0 Å². The largest absolute Gasteiger partial charge is 0.352 e. The standard InChI is InChI=1S/C26H27N3O/c1-29-19-24(23-9-5-6-10-25(23)29)22(12-11-20-7-3-2-4-8-20)17-26(30)28-18-21-13-15-27-16-14-21/h2-10,13-16,19,22H,11-12,17-18H2,1H3,(H,28,30)/t22-/m1/s1. The number of carbonyl (C=O) groups is 1. The maximum absolute atomic E-state index is 12.8. The first-order valence-corrected chi connectivity index (χ1v) is 10.4. The van der Waals surface area contributed by atoms with Gasteiger partial charge >= 0.3 is 0 Å². The normalized spacial score (nSPS) is 12.0. The van der Waals surface area contributed by atoms with Crippen LogP contribution >= 0.6 is 0 Å². The molecule has 152 valence electrons. The van der Waals surface area contributed by atoms with E-state index in [9.17, 15) is 4.79 Å². The van der Waals surface area contributed by atoms with Crippen molar-refractivity contribution in [2.45, 2.75) is 31.7 Å². The van der Waals surface area contributed by atoms with E-state index in [1.54, 1.807) is 12.4 Å². The molecule has 0 aliphatic rings. The molecular formula is C26H27N3O. The van der Waals surface area contributed by atoms with Crippen LogP contribution in [0.3, 0.4) is 0 Å². The highest BCUT2D eigenvalue weighted by Crippen LogP contribution is 2.32. The minimum atomic E-state index is 0.0813. The summed E-state index contributed by atoms with van der Waals surface area (Å²) in [5.41, 5.74) is 4.82. The molecule has 1 amide bonds. The lowest BCUT2D eigenvalue weighted by molar-refractivity contribution is -0.121. The first kappa shape index (κ1) is 19.9. The van der Waals surface area contributed by atoms with E-state index in [0.717, 1.165) is 18.4 Å². The van der Waals surface area contributed by atoms with E-state index < -0.39 is 0 Å². The second-order valence-electron chi connectivity index (χ2n) is 7.77. The number of hydrogen-bond acceptors (Lipinski definition) is 2. The number of fused-ring (bicyclic) bond motifs is 1. The molecule has 4 aromatic rings. The van der Waals surface area contributed by atoms with E-state index in [1.165, 1.54) is 22.0 Å². The summed E-state index contributed by atoms with van der Waals surface area (Å²) >= 11 is 0. The SMILES string of the molecule is Cn1cc([C@H](CCc2ccccc2)CC(=O)NCc2ccncc2)c2ccccc21. The van der Waals surface area contributed by atoms with Crippen LogP contribution in [-0.4, -0.2) is 15.5 Å². The van der Waals surface area contributed by atoms with E-state index in [0.29, 0.717) is 13.0 Å². The number of amides is 1. The second-order valence-corrected chi connectivity index (χ2v) is 7.77. The van der Waals surface area contributed by atoms with Gasteiger partial charge < -0.3 is 9.88 Å². The van der Waals surface area contributed by atoms with Crippen LogP contribution < -0.4 is 5.32 Å². The summed E-state index contributed by atoms with van der Waals surface area (Å²) < 4.78 is 2.16. The molecule has 0 radical (unpaired) electrons. The van der Waals surface area contributed by atoms with Crippen molar-refractivity contribution in [2.24, 2.45) is 7.05 Å². The molecule has 0 aliphatic heterocycles. The third-order valence-corrected chi connectivity index (χ3v) is 5.66. The average molecular weight is 398 g/mol. The van der Waals surface area contributed by atoms with Crippen LogP contribution in [0.15, 0.2) is 85.3 Å². The first-order chi connectivity index (χ1) is 14.7. The third kappa shape index (κ3) is 4.77. The van der Waals surface area contributed by atoms with Crippen molar-refractivity contribution in [1.29, 1.82) is 0 Å². The Kier molecular flexibility index (Phi) is 6.23. The maximum atomic E-state index is 12.8. The molecule has 0 spiro atoms. The Hall–Kier alpha value is -3.40. The number of carbonyl (C=O) groups excluding carboxylic acids is 1. The number of para-hydroxylation sites is 1. The minimum Gasteiger partial charge on any atom is -0.352 e. The monoisotopic (exact) mass is 397 g/mol. The zero-order chi connectivity index (χ0) is 20.8. The second kappa shape index (κ2) is 9.40. The van der Waals surface area contributed by atoms with Crippen LogP contribution in [0, 0.1) is 0 Å².